The lowest BCUT2D eigenvalue weighted by Gasteiger charge is -2.14. The molecule has 10 heteroatoms. The van der Waals surface area contributed by atoms with Crippen molar-refractivity contribution in [1.82, 2.24) is 14.2 Å². The maximum absolute atomic E-state index is 12.6. The quantitative estimate of drug-likeness (QED) is 0.546. The zero-order valence-electron chi connectivity index (χ0n) is 14.7. The SMILES string of the molecule is COC(=O)Cn1nc(C(C)OS(C)(=O)=O)n2cc(C(C)C)cc2c1=O. The molecule has 9 nitrogen and oxygen atoms in total. The average Bonchev–Trinajstić information content (AvgIpc) is 2.93. The van der Waals surface area contributed by atoms with Crippen molar-refractivity contribution in [2.75, 3.05) is 13.4 Å². The molecule has 0 fully saturated rings. The molecule has 0 radical (unpaired) electrons. The number of rotatable bonds is 6. The van der Waals surface area contributed by atoms with Crippen LogP contribution < -0.4 is 5.56 Å². The van der Waals surface area contributed by atoms with E-state index in [4.69, 9.17) is 4.18 Å². The zero-order chi connectivity index (χ0) is 18.9. The van der Waals surface area contributed by atoms with Crippen LogP contribution in [0.2, 0.25) is 0 Å². The summed E-state index contributed by atoms with van der Waals surface area (Å²) in [6, 6.07) is 1.69. The van der Waals surface area contributed by atoms with E-state index in [1.807, 2.05) is 13.8 Å². The highest BCUT2D eigenvalue weighted by atomic mass is 32.2. The van der Waals surface area contributed by atoms with Crippen LogP contribution >= 0.6 is 0 Å². The van der Waals surface area contributed by atoms with Crippen LogP contribution in [-0.4, -0.2) is 41.9 Å². The van der Waals surface area contributed by atoms with Crippen molar-refractivity contribution in [2.24, 2.45) is 0 Å². The number of hydrogen-bond donors (Lipinski definition) is 0. The highest BCUT2D eigenvalue weighted by Gasteiger charge is 2.22. The minimum absolute atomic E-state index is 0.146. The Morgan fingerprint density at radius 3 is 2.48 bits per heavy atom. The van der Waals surface area contributed by atoms with Gasteiger partial charge in [0, 0.05) is 6.20 Å². The summed E-state index contributed by atoms with van der Waals surface area (Å²) < 4.78 is 34.9. The minimum Gasteiger partial charge on any atom is -0.468 e. The standard InChI is InChI=1S/C15H21N3O6S/c1-9(2)11-6-12-15(20)18(8-13(19)23-4)16-14(17(12)7-11)10(3)24-25(5,21)22/h6-7,9-10H,8H2,1-5H3. The van der Waals surface area contributed by atoms with Crippen LogP contribution in [0.5, 0.6) is 0 Å². The summed E-state index contributed by atoms with van der Waals surface area (Å²) in [5, 5.41) is 4.12. The minimum atomic E-state index is -3.73. The number of carbonyl (C=O) groups is 1. The summed E-state index contributed by atoms with van der Waals surface area (Å²) >= 11 is 0. The second-order valence-corrected chi connectivity index (χ2v) is 7.62. The first-order chi connectivity index (χ1) is 11.5. The number of methoxy groups -OCH3 is 1. The Hall–Kier alpha value is -2.20. The Morgan fingerprint density at radius 1 is 1.32 bits per heavy atom. The molecule has 1 atom stereocenters. The molecule has 2 aromatic rings. The van der Waals surface area contributed by atoms with E-state index in [1.165, 1.54) is 18.4 Å². The lowest BCUT2D eigenvalue weighted by atomic mass is 10.1. The van der Waals surface area contributed by atoms with Crippen LogP contribution in [0.15, 0.2) is 17.1 Å². The van der Waals surface area contributed by atoms with Crippen molar-refractivity contribution in [1.29, 1.82) is 0 Å². The summed E-state index contributed by atoms with van der Waals surface area (Å²) in [4.78, 5) is 24.1. The largest absolute Gasteiger partial charge is 0.468 e. The zero-order valence-corrected chi connectivity index (χ0v) is 15.5. The normalized spacial score (nSPS) is 13.4. The molecule has 0 aliphatic rings. The molecule has 138 valence electrons. The number of aromatic nitrogens is 3. The highest BCUT2D eigenvalue weighted by Crippen LogP contribution is 2.22. The fraction of sp³-hybridized carbons (Fsp3) is 0.533. The molecule has 0 saturated carbocycles. The third kappa shape index (κ3) is 4.26. The highest BCUT2D eigenvalue weighted by molar-refractivity contribution is 7.86. The van der Waals surface area contributed by atoms with E-state index in [2.05, 4.69) is 9.84 Å². The molecule has 0 amide bonds. The molecule has 0 aliphatic carbocycles. The van der Waals surface area contributed by atoms with Crippen LogP contribution in [0.25, 0.3) is 5.52 Å². The fourth-order valence-electron chi connectivity index (χ4n) is 2.38. The first-order valence-corrected chi connectivity index (χ1v) is 9.43. The Labute approximate surface area is 145 Å². The first kappa shape index (κ1) is 19.1. The number of nitrogens with zero attached hydrogens (tertiary/aromatic N) is 3. The van der Waals surface area contributed by atoms with Crippen molar-refractivity contribution in [2.45, 2.75) is 39.3 Å². The smallest absolute Gasteiger partial charge is 0.327 e. The van der Waals surface area contributed by atoms with E-state index >= 15 is 0 Å². The average molecular weight is 371 g/mol. The van der Waals surface area contributed by atoms with Crippen molar-refractivity contribution in [3.8, 4) is 0 Å². The maximum atomic E-state index is 12.6. The van der Waals surface area contributed by atoms with E-state index in [-0.39, 0.29) is 23.8 Å². The summed E-state index contributed by atoms with van der Waals surface area (Å²) in [5.74, 6) is -0.305. The van der Waals surface area contributed by atoms with E-state index in [0.717, 1.165) is 16.5 Å². The van der Waals surface area contributed by atoms with Crippen LogP contribution in [0.3, 0.4) is 0 Å². The van der Waals surface area contributed by atoms with Crippen molar-refractivity contribution >= 4 is 21.6 Å². The Kier molecular flexibility index (Phi) is 5.33. The van der Waals surface area contributed by atoms with Gasteiger partial charge in [-0.2, -0.15) is 13.5 Å². The molecular formula is C15H21N3O6S. The van der Waals surface area contributed by atoms with Crippen LogP contribution in [0.1, 0.15) is 44.2 Å². The molecule has 2 heterocycles. The second-order valence-electron chi connectivity index (χ2n) is 6.02. The third-order valence-electron chi connectivity index (χ3n) is 3.62. The van der Waals surface area contributed by atoms with E-state index in [0.29, 0.717) is 0 Å². The summed E-state index contributed by atoms with van der Waals surface area (Å²) in [6.07, 6.45) is 1.70. The first-order valence-electron chi connectivity index (χ1n) is 7.61. The maximum Gasteiger partial charge on any atom is 0.327 e. The summed E-state index contributed by atoms with van der Waals surface area (Å²) in [6.45, 7) is 5.05. The van der Waals surface area contributed by atoms with Gasteiger partial charge in [-0.05, 0) is 24.5 Å². The van der Waals surface area contributed by atoms with Gasteiger partial charge in [-0.15, -0.1) is 0 Å². The molecule has 0 bridgehead atoms. The third-order valence-corrected chi connectivity index (χ3v) is 4.26. The van der Waals surface area contributed by atoms with Gasteiger partial charge in [0.2, 0.25) is 0 Å². The van der Waals surface area contributed by atoms with Crippen LogP contribution in [0, 0.1) is 0 Å². The van der Waals surface area contributed by atoms with E-state index < -0.39 is 27.8 Å². The summed E-state index contributed by atoms with van der Waals surface area (Å²) in [7, 11) is -2.53. The number of hydrogen-bond acceptors (Lipinski definition) is 7. The topological polar surface area (TPSA) is 109 Å². The van der Waals surface area contributed by atoms with Gasteiger partial charge >= 0.3 is 5.97 Å². The molecule has 2 aromatic heterocycles. The van der Waals surface area contributed by atoms with E-state index in [1.54, 1.807) is 12.3 Å². The van der Waals surface area contributed by atoms with Gasteiger partial charge < -0.3 is 4.74 Å². The molecule has 0 N–H and O–H groups in total. The van der Waals surface area contributed by atoms with Gasteiger partial charge in [-0.3, -0.25) is 18.2 Å². The molecule has 0 aromatic carbocycles. The Bertz CT molecular complexity index is 958. The predicted octanol–water partition coefficient (Wildman–Crippen LogP) is 0.830. The predicted molar refractivity (Wildman–Crippen MR) is 89.9 cm³/mol. The van der Waals surface area contributed by atoms with Crippen molar-refractivity contribution in [3.05, 3.63) is 34.0 Å². The van der Waals surface area contributed by atoms with Crippen LogP contribution in [-0.2, 0) is 30.4 Å². The number of fused-ring (bicyclic) bond motifs is 1. The Morgan fingerprint density at radius 2 is 1.96 bits per heavy atom. The van der Waals surface area contributed by atoms with Gasteiger partial charge in [0.15, 0.2) is 5.82 Å². The summed E-state index contributed by atoms with van der Waals surface area (Å²) in [5.41, 5.74) is 0.677. The Balaban J connectivity index is 2.70. The second kappa shape index (κ2) is 6.96. The number of ether oxygens (including phenoxy) is 1. The van der Waals surface area contributed by atoms with E-state index in [9.17, 15) is 18.0 Å². The van der Waals surface area contributed by atoms with Crippen molar-refractivity contribution in [3.63, 3.8) is 0 Å². The molecular weight excluding hydrogens is 350 g/mol. The van der Waals surface area contributed by atoms with Crippen LogP contribution in [0.4, 0.5) is 0 Å². The monoisotopic (exact) mass is 371 g/mol. The molecule has 0 aliphatic heterocycles. The molecule has 0 spiro atoms. The van der Waals surface area contributed by atoms with Gasteiger partial charge in [0.05, 0.1) is 13.4 Å². The van der Waals surface area contributed by atoms with Gasteiger partial charge in [0.1, 0.15) is 18.2 Å². The number of carbonyl (C=O) groups excluding carboxylic acids is 1. The number of esters is 1. The molecule has 2 rings (SSSR count). The molecule has 1 unspecified atom stereocenters. The van der Waals surface area contributed by atoms with Gasteiger partial charge in [-0.1, -0.05) is 13.8 Å². The van der Waals surface area contributed by atoms with Gasteiger partial charge in [-0.25, -0.2) is 4.68 Å². The molecule has 0 saturated heterocycles. The lowest BCUT2D eigenvalue weighted by molar-refractivity contribution is -0.141. The fourth-order valence-corrected chi connectivity index (χ4v) is 2.99. The lowest BCUT2D eigenvalue weighted by Crippen LogP contribution is -2.31. The van der Waals surface area contributed by atoms with Crippen molar-refractivity contribution < 1.29 is 22.1 Å². The van der Waals surface area contributed by atoms with Gasteiger partial charge in [0.25, 0.3) is 15.7 Å². The molecule has 25 heavy (non-hydrogen) atoms.